The lowest BCUT2D eigenvalue weighted by Crippen LogP contribution is -2.10. The Balaban J connectivity index is 2.11. The van der Waals surface area contributed by atoms with Gasteiger partial charge in [0.2, 0.25) is 11.8 Å². The molecule has 0 heterocycles. The van der Waals surface area contributed by atoms with E-state index in [1.807, 2.05) is 0 Å². The van der Waals surface area contributed by atoms with Crippen LogP contribution in [0.2, 0.25) is 0 Å². The van der Waals surface area contributed by atoms with Gasteiger partial charge in [-0.15, -0.1) is 0 Å². The number of rotatable bonds is 5. The molecular weight excluding hydrogens is 361 g/mol. The summed E-state index contributed by atoms with van der Waals surface area (Å²) in [6.45, 7) is 1.34. The summed E-state index contributed by atoms with van der Waals surface area (Å²) in [7, 11) is 1.44. The van der Waals surface area contributed by atoms with Crippen molar-refractivity contribution in [2.24, 2.45) is 0 Å². The molecule has 2 aromatic rings. The van der Waals surface area contributed by atoms with Crippen molar-refractivity contribution < 1.29 is 27.5 Å². The van der Waals surface area contributed by atoms with Crippen molar-refractivity contribution in [2.75, 3.05) is 17.7 Å². The van der Waals surface area contributed by atoms with Crippen LogP contribution in [0.3, 0.4) is 0 Å². The molecule has 0 aromatic heterocycles. The second kappa shape index (κ2) is 8.39. The van der Waals surface area contributed by atoms with Crippen LogP contribution in [0.1, 0.15) is 18.1 Å². The number of ether oxygens (including phenoxy) is 1. The highest BCUT2D eigenvalue weighted by molar-refractivity contribution is 6.02. The molecule has 27 heavy (non-hydrogen) atoms. The van der Waals surface area contributed by atoms with E-state index >= 15 is 0 Å². The zero-order valence-electron chi connectivity index (χ0n) is 14.6. The van der Waals surface area contributed by atoms with Gasteiger partial charge in [-0.05, 0) is 42.0 Å². The molecule has 0 unspecified atom stereocenters. The minimum Gasteiger partial charge on any atom is -0.495 e. The summed E-state index contributed by atoms with van der Waals surface area (Å²) in [5.41, 5.74) is 0.219. The quantitative estimate of drug-likeness (QED) is 0.762. The van der Waals surface area contributed by atoms with E-state index < -0.39 is 17.6 Å². The number of carbonyl (C=O) groups is 2. The van der Waals surface area contributed by atoms with E-state index in [2.05, 4.69) is 10.6 Å². The van der Waals surface area contributed by atoms with Crippen LogP contribution in [0.4, 0.5) is 24.5 Å². The molecule has 0 radical (unpaired) electrons. The molecule has 0 saturated heterocycles. The highest BCUT2D eigenvalue weighted by Crippen LogP contribution is 2.30. The van der Waals surface area contributed by atoms with E-state index in [-0.39, 0.29) is 11.5 Å². The molecule has 2 amide bonds. The van der Waals surface area contributed by atoms with Crippen LogP contribution < -0.4 is 15.4 Å². The summed E-state index contributed by atoms with van der Waals surface area (Å²) in [6.07, 6.45) is -2.05. The van der Waals surface area contributed by atoms with Gasteiger partial charge in [0.15, 0.2) is 0 Å². The van der Waals surface area contributed by atoms with Gasteiger partial charge >= 0.3 is 6.18 Å². The first-order valence-electron chi connectivity index (χ1n) is 7.81. The van der Waals surface area contributed by atoms with Gasteiger partial charge in [0.25, 0.3) is 0 Å². The largest absolute Gasteiger partial charge is 0.495 e. The summed E-state index contributed by atoms with van der Waals surface area (Å²) in [6, 6.07) is 9.28. The van der Waals surface area contributed by atoms with Crippen molar-refractivity contribution >= 4 is 29.3 Å². The molecule has 0 aliphatic rings. The highest BCUT2D eigenvalue weighted by Gasteiger charge is 2.30. The third kappa shape index (κ3) is 5.88. The Labute approximate surface area is 153 Å². The van der Waals surface area contributed by atoms with E-state index in [1.165, 1.54) is 38.3 Å². The molecule has 0 aliphatic carbocycles. The number of nitrogens with one attached hydrogen (secondary N) is 2. The Morgan fingerprint density at radius 1 is 1.07 bits per heavy atom. The lowest BCUT2D eigenvalue weighted by atomic mass is 10.1. The van der Waals surface area contributed by atoms with E-state index in [9.17, 15) is 22.8 Å². The Kier molecular flexibility index (Phi) is 6.23. The molecule has 5 nitrogen and oxygen atoms in total. The van der Waals surface area contributed by atoms with Crippen LogP contribution in [0.5, 0.6) is 5.75 Å². The van der Waals surface area contributed by atoms with E-state index in [0.29, 0.717) is 17.1 Å². The summed E-state index contributed by atoms with van der Waals surface area (Å²) >= 11 is 0. The van der Waals surface area contributed by atoms with Gasteiger partial charge in [-0.2, -0.15) is 13.2 Å². The number of anilines is 2. The fourth-order valence-corrected chi connectivity index (χ4v) is 2.25. The van der Waals surface area contributed by atoms with E-state index in [0.717, 1.165) is 18.2 Å². The SMILES string of the molecule is COc1ccc(NC(=O)/C=C/c2cccc(C(F)(F)F)c2)cc1NC(C)=O. The molecular formula is C19H17F3N2O3. The van der Waals surface area contributed by atoms with Gasteiger partial charge in [0, 0.05) is 18.7 Å². The lowest BCUT2D eigenvalue weighted by molar-refractivity contribution is -0.137. The fraction of sp³-hybridized carbons (Fsp3) is 0.158. The van der Waals surface area contributed by atoms with Crippen molar-refractivity contribution in [3.63, 3.8) is 0 Å². The third-order valence-corrected chi connectivity index (χ3v) is 3.42. The zero-order valence-corrected chi connectivity index (χ0v) is 14.6. The number of halogens is 3. The van der Waals surface area contributed by atoms with E-state index in [4.69, 9.17) is 4.74 Å². The first kappa shape index (κ1) is 20.0. The van der Waals surface area contributed by atoms with Crippen molar-refractivity contribution in [3.8, 4) is 5.75 Å². The molecule has 2 rings (SSSR count). The molecule has 2 aromatic carbocycles. The third-order valence-electron chi connectivity index (χ3n) is 3.42. The van der Waals surface area contributed by atoms with Crippen molar-refractivity contribution in [2.45, 2.75) is 13.1 Å². The molecule has 0 spiro atoms. The number of alkyl halides is 3. The average molecular weight is 378 g/mol. The maximum absolute atomic E-state index is 12.7. The Morgan fingerprint density at radius 2 is 1.81 bits per heavy atom. The average Bonchev–Trinajstić information content (AvgIpc) is 2.59. The molecule has 2 N–H and O–H groups in total. The van der Waals surface area contributed by atoms with Crippen molar-refractivity contribution in [1.29, 1.82) is 0 Å². The van der Waals surface area contributed by atoms with Crippen molar-refractivity contribution in [3.05, 3.63) is 59.7 Å². The number of amides is 2. The summed E-state index contributed by atoms with van der Waals surface area (Å²) in [5.74, 6) is -0.421. The number of benzene rings is 2. The first-order valence-corrected chi connectivity index (χ1v) is 7.81. The fourth-order valence-electron chi connectivity index (χ4n) is 2.25. The molecule has 0 fully saturated rings. The lowest BCUT2D eigenvalue weighted by Gasteiger charge is -2.11. The minimum absolute atomic E-state index is 0.244. The molecule has 0 saturated carbocycles. The van der Waals surface area contributed by atoms with Gasteiger partial charge in [-0.3, -0.25) is 9.59 Å². The summed E-state index contributed by atoms with van der Waals surface area (Å²) < 4.78 is 43.2. The Bertz CT molecular complexity index is 877. The second-order valence-corrected chi connectivity index (χ2v) is 5.54. The van der Waals surface area contributed by atoms with Gasteiger partial charge in [-0.1, -0.05) is 12.1 Å². The first-order chi connectivity index (χ1) is 12.7. The topological polar surface area (TPSA) is 67.4 Å². The Hall–Kier alpha value is -3.29. The second-order valence-electron chi connectivity index (χ2n) is 5.54. The van der Waals surface area contributed by atoms with Crippen LogP contribution >= 0.6 is 0 Å². The normalized spacial score (nSPS) is 11.3. The van der Waals surface area contributed by atoms with Gasteiger partial charge in [-0.25, -0.2) is 0 Å². The van der Waals surface area contributed by atoms with E-state index in [1.54, 1.807) is 12.1 Å². The van der Waals surface area contributed by atoms with Crippen LogP contribution in [0.15, 0.2) is 48.5 Å². The molecule has 8 heteroatoms. The standard InChI is InChI=1S/C19H17F3N2O3/c1-12(25)23-16-11-15(7-8-17(16)27-2)24-18(26)9-6-13-4-3-5-14(10-13)19(20,21)22/h3-11H,1-2H3,(H,23,25)(H,24,26)/b9-6+. The van der Waals surface area contributed by atoms with Gasteiger partial charge < -0.3 is 15.4 Å². The monoisotopic (exact) mass is 378 g/mol. The Morgan fingerprint density at radius 3 is 2.44 bits per heavy atom. The van der Waals surface area contributed by atoms with Crippen LogP contribution in [0.25, 0.3) is 6.08 Å². The maximum atomic E-state index is 12.7. The number of methoxy groups -OCH3 is 1. The van der Waals surface area contributed by atoms with Crippen LogP contribution in [0, 0.1) is 0 Å². The molecule has 0 aliphatic heterocycles. The predicted molar refractivity (Wildman–Crippen MR) is 96.4 cm³/mol. The maximum Gasteiger partial charge on any atom is 0.416 e. The molecule has 0 atom stereocenters. The molecule has 0 bridgehead atoms. The zero-order chi connectivity index (χ0) is 20.0. The van der Waals surface area contributed by atoms with Gasteiger partial charge in [0.05, 0.1) is 18.4 Å². The highest BCUT2D eigenvalue weighted by atomic mass is 19.4. The predicted octanol–water partition coefficient (Wildman–Crippen LogP) is 4.32. The van der Waals surface area contributed by atoms with Crippen LogP contribution in [-0.4, -0.2) is 18.9 Å². The number of carbonyl (C=O) groups excluding carboxylic acids is 2. The van der Waals surface area contributed by atoms with Gasteiger partial charge in [0.1, 0.15) is 5.75 Å². The minimum atomic E-state index is -4.45. The van der Waals surface area contributed by atoms with Crippen molar-refractivity contribution in [1.82, 2.24) is 0 Å². The summed E-state index contributed by atoms with van der Waals surface area (Å²) in [4.78, 5) is 23.2. The smallest absolute Gasteiger partial charge is 0.416 e. The summed E-state index contributed by atoms with van der Waals surface area (Å²) in [5, 5.41) is 5.14. The molecule has 142 valence electrons. The van der Waals surface area contributed by atoms with Crippen LogP contribution in [-0.2, 0) is 15.8 Å². The number of hydrogen-bond donors (Lipinski definition) is 2. The number of hydrogen-bond acceptors (Lipinski definition) is 3.